The van der Waals surface area contributed by atoms with Gasteiger partial charge in [-0.25, -0.2) is 0 Å². The lowest BCUT2D eigenvalue weighted by Crippen LogP contribution is -2.14. The van der Waals surface area contributed by atoms with Crippen molar-refractivity contribution in [1.82, 2.24) is 4.90 Å². The van der Waals surface area contributed by atoms with Crippen LogP contribution in [0, 0.1) is 0 Å². The lowest BCUT2D eigenvalue weighted by Gasteiger charge is -2.07. The fraction of sp³-hybridized carbons (Fsp3) is 0.571. The Labute approximate surface area is 55.2 Å². The summed E-state index contributed by atoms with van der Waals surface area (Å²) in [6, 6.07) is 0. The zero-order valence-electron chi connectivity index (χ0n) is 5.42. The summed E-state index contributed by atoms with van der Waals surface area (Å²) in [4.78, 5) is 11.9. The standard InChI is InChI=1S/C7H11NO/c9-7-8-5-3-1-2-4-6-8/h3,5,7H,1-2,4,6H2. The molecule has 1 amide bonds. The first-order valence-electron chi connectivity index (χ1n) is 3.31. The molecule has 0 bridgehead atoms. The number of rotatable bonds is 1. The Hall–Kier alpha value is -0.790. The number of carbonyl (C=O) groups excluding carboxylic acids is 1. The summed E-state index contributed by atoms with van der Waals surface area (Å²) in [6.45, 7) is 0.889. The molecule has 0 saturated heterocycles. The Bertz CT molecular complexity index is 120. The van der Waals surface area contributed by atoms with Crippen molar-refractivity contribution >= 4 is 6.41 Å². The lowest BCUT2D eigenvalue weighted by atomic mass is 10.2. The van der Waals surface area contributed by atoms with Crippen molar-refractivity contribution in [3.8, 4) is 0 Å². The molecule has 0 radical (unpaired) electrons. The number of carbonyl (C=O) groups is 1. The Morgan fingerprint density at radius 2 is 2.33 bits per heavy atom. The van der Waals surface area contributed by atoms with Crippen LogP contribution in [-0.4, -0.2) is 17.9 Å². The fourth-order valence-corrected chi connectivity index (χ4v) is 0.929. The third kappa shape index (κ3) is 1.88. The maximum atomic E-state index is 10.2. The topological polar surface area (TPSA) is 20.3 Å². The van der Waals surface area contributed by atoms with E-state index in [0.29, 0.717) is 0 Å². The SMILES string of the molecule is O=CN1C=CCCCC1. The minimum absolute atomic E-state index is 0.877. The van der Waals surface area contributed by atoms with Gasteiger partial charge in [-0.05, 0) is 19.3 Å². The molecule has 0 aromatic carbocycles. The number of amides is 1. The summed E-state index contributed by atoms with van der Waals surface area (Å²) in [5.41, 5.74) is 0. The molecule has 0 unspecified atom stereocenters. The van der Waals surface area contributed by atoms with Gasteiger partial charge < -0.3 is 4.90 Å². The van der Waals surface area contributed by atoms with Crippen molar-refractivity contribution < 1.29 is 4.79 Å². The molecule has 1 aliphatic heterocycles. The molecule has 9 heavy (non-hydrogen) atoms. The van der Waals surface area contributed by atoms with Gasteiger partial charge >= 0.3 is 0 Å². The van der Waals surface area contributed by atoms with Crippen LogP contribution in [0.15, 0.2) is 12.3 Å². The molecule has 2 heteroatoms. The molecule has 1 heterocycles. The summed E-state index contributed by atoms with van der Waals surface area (Å²) >= 11 is 0. The van der Waals surface area contributed by atoms with Gasteiger partial charge in [0.2, 0.25) is 6.41 Å². The Balaban J connectivity index is 2.41. The van der Waals surface area contributed by atoms with Crippen LogP contribution in [0.4, 0.5) is 0 Å². The lowest BCUT2D eigenvalue weighted by molar-refractivity contribution is -0.115. The largest absolute Gasteiger partial charge is 0.322 e. The van der Waals surface area contributed by atoms with Gasteiger partial charge in [0.15, 0.2) is 0 Å². The number of allylic oxidation sites excluding steroid dienone is 1. The van der Waals surface area contributed by atoms with Crippen LogP contribution in [0.3, 0.4) is 0 Å². The molecule has 0 aromatic rings. The van der Waals surface area contributed by atoms with Gasteiger partial charge in [0.05, 0.1) is 0 Å². The summed E-state index contributed by atoms with van der Waals surface area (Å²) in [7, 11) is 0. The van der Waals surface area contributed by atoms with Crippen LogP contribution < -0.4 is 0 Å². The molecular weight excluding hydrogens is 114 g/mol. The first-order valence-corrected chi connectivity index (χ1v) is 3.31. The van der Waals surface area contributed by atoms with Crippen LogP contribution in [0.5, 0.6) is 0 Å². The van der Waals surface area contributed by atoms with Crippen molar-refractivity contribution in [3.05, 3.63) is 12.3 Å². The van der Waals surface area contributed by atoms with E-state index in [1.807, 2.05) is 12.3 Å². The molecule has 0 saturated carbocycles. The van der Waals surface area contributed by atoms with E-state index in [1.165, 1.54) is 6.42 Å². The van der Waals surface area contributed by atoms with E-state index in [4.69, 9.17) is 0 Å². The van der Waals surface area contributed by atoms with E-state index >= 15 is 0 Å². The maximum Gasteiger partial charge on any atom is 0.213 e. The van der Waals surface area contributed by atoms with Crippen LogP contribution in [0.25, 0.3) is 0 Å². The quantitative estimate of drug-likeness (QED) is 0.481. The average molecular weight is 125 g/mol. The average Bonchev–Trinajstić information content (AvgIpc) is 2.13. The van der Waals surface area contributed by atoms with Crippen molar-refractivity contribution in [2.24, 2.45) is 0 Å². The third-order valence-corrected chi connectivity index (χ3v) is 1.47. The van der Waals surface area contributed by atoms with Crippen molar-refractivity contribution in [2.45, 2.75) is 19.3 Å². The molecule has 0 aromatic heterocycles. The van der Waals surface area contributed by atoms with Crippen LogP contribution >= 0.6 is 0 Å². The molecule has 1 rings (SSSR count). The van der Waals surface area contributed by atoms with Crippen molar-refractivity contribution in [1.29, 1.82) is 0 Å². The smallest absolute Gasteiger partial charge is 0.213 e. The molecule has 50 valence electrons. The summed E-state index contributed by atoms with van der Waals surface area (Å²) in [6.07, 6.45) is 8.24. The monoisotopic (exact) mass is 125 g/mol. The van der Waals surface area contributed by atoms with Gasteiger partial charge in [0.1, 0.15) is 0 Å². The number of hydrogen-bond donors (Lipinski definition) is 0. The molecule has 2 nitrogen and oxygen atoms in total. The Morgan fingerprint density at radius 1 is 1.44 bits per heavy atom. The third-order valence-electron chi connectivity index (χ3n) is 1.47. The van der Waals surface area contributed by atoms with Crippen LogP contribution in [0.2, 0.25) is 0 Å². The molecular formula is C7H11NO. The van der Waals surface area contributed by atoms with Gasteiger partial charge in [0, 0.05) is 12.7 Å². The fourth-order valence-electron chi connectivity index (χ4n) is 0.929. The first-order chi connectivity index (χ1) is 4.43. The predicted molar refractivity (Wildman–Crippen MR) is 35.8 cm³/mol. The van der Waals surface area contributed by atoms with Crippen LogP contribution in [-0.2, 0) is 4.79 Å². The van der Waals surface area contributed by atoms with E-state index in [0.717, 1.165) is 25.8 Å². The summed E-state index contributed by atoms with van der Waals surface area (Å²) < 4.78 is 0. The Morgan fingerprint density at radius 3 is 3.11 bits per heavy atom. The van der Waals surface area contributed by atoms with E-state index in [1.54, 1.807) is 4.90 Å². The highest BCUT2D eigenvalue weighted by molar-refractivity contribution is 5.48. The second-order valence-corrected chi connectivity index (χ2v) is 2.22. The first kappa shape index (κ1) is 6.33. The van der Waals surface area contributed by atoms with Gasteiger partial charge in [-0.3, -0.25) is 4.79 Å². The van der Waals surface area contributed by atoms with E-state index in [-0.39, 0.29) is 0 Å². The second kappa shape index (κ2) is 3.28. The zero-order valence-corrected chi connectivity index (χ0v) is 5.42. The highest BCUT2D eigenvalue weighted by atomic mass is 16.1. The van der Waals surface area contributed by atoms with E-state index in [9.17, 15) is 4.79 Å². The zero-order chi connectivity index (χ0) is 6.53. The molecule has 0 spiro atoms. The van der Waals surface area contributed by atoms with Crippen molar-refractivity contribution in [3.63, 3.8) is 0 Å². The maximum absolute atomic E-state index is 10.2. The molecule has 0 fully saturated rings. The predicted octanol–water partition coefficient (Wildman–Crippen LogP) is 1.14. The van der Waals surface area contributed by atoms with Gasteiger partial charge in [-0.15, -0.1) is 0 Å². The summed E-state index contributed by atoms with van der Waals surface area (Å²) in [5.74, 6) is 0. The Kier molecular flexibility index (Phi) is 2.31. The number of hydrogen-bond acceptors (Lipinski definition) is 1. The highest BCUT2D eigenvalue weighted by Gasteiger charge is 1.98. The van der Waals surface area contributed by atoms with E-state index < -0.39 is 0 Å². The molecule has 0 atom stereocenters. The molecule has 0 N–H and O–H groups in total. The normalized spacial score (nSPS) is 19.3. The molecule has 0 aliphatic carbocycles. The minimum Gasteiger partial charge on any atom is -0.322 e. The van der Waals surface area contributed by atoms with E-state index in [2.05, 4.69) is 0 Å². The van der Waals surface area contributed by atoms with Gasteiger partial charge in [-0.2, -0.15) is 0 Å². The van der Waals surface area contributed by atoms with Gasteiger partial charge in [-0.1, -0.05) is 6.08 Å². The van der Waals surface area contributed by atoms with Crippen molar-refractivity contribution in [2.75, 3.05) is 6.54 Å². The van der Waals surface area contributed by atoms with Crippen LogP contribution in [0.1, 0.15) is 19.3 Å². The minimum atomic E-state index is 0.877. The number of nitrogens with zero attached hydrogens (tertiary/aromatic N) is 1. The second-order valence-electron chi connectivity index (χ2n) is 2.22. The highest BCUT2D eigenvalue weighted by Crippen LogP contribution is 2.04. The summed E-state index contributed by atoms with van der Waals surface area (Å²) in [5, 5.41) is 0. The molecule has 1 aliphatic rings. The van der Waals surface area contributed by atoms with Gasteiger partial charge in [0.25, 0.3) is 0 Å².